The highest BCUT2D eigenvalue weighted by Gasteiger charge is 2.33. The third-order valence-corrected chi connectivity index (χ3v) is 4.09. The minimum atomic E-state index is -0.809. The molecule has 142 valence electrons. The zero-order valence-electron chi connectivity index (χ0n) is 16.5. The number of ether oxygens (including phenoxy) is 2. The van der Waals surface area contributed by atoms with Gasteiger partial charge in [0.25, 0.3) is 5.91 Å². The number of amides is 1. The molecule has 0 aliphatic rings. The van der Waals surface area contributed by atoms with Crippen LogP contribution in [0.2, 0.25) is 0 Å². The largest absolute Gasteiger partial charge is 0.477 e. The molecule has 1 amide bonds. The molecule has 0 fully saturated rings. The highest BCUT2D eigenvalue weighted by Crippen LogP contribution is 2.24. The van der Waals surface area contributed by atoms with Gasteiger partial charge in [0.1, 0.15) is 5.60 Å². The van der Waals surface area contributed by atoms with Crippen LogP contribution in [0.1, 0.15) is 71.8 Å². The summed E-state index contributed by atoms with van der Waals surface area (Å²) in [5.74, 6) is 0.508. The molecule has 0 aliphatic carbocycles. The topological polar surface area (TPSA) is 60.5 Å². The van der Waals surface area contributed by atoms with Crippen molar-refractivity contribution >= 4 is 11.6 Å². The molecule has 5 nitrogen and oxygen atoms in total. The molecule has 1 heterocycles. The van der Waals surface area contributed by atoms with Crippen molar-refractivity contribution in [2.45, 2.75) is 78.7 Å². The van der Waals surface area contributed by atoms with Gasteiger partial charge in [-0.15, -0.1) is 0 Å². The summed E-state index contributed by atoms with van der Waals surface area (Å²) in [5, 5.41) is 2.96. The molecule has 0 spiro atoms. The Balaban J connectivity index is 2.79. The lowest BCUT2D eigenvalue weighted by Crippen LogP contribution is -2.43. The van der Waals surface area contributed by atoms with E-state index in [1.54, 1.807) is 6.20 Å². The second kappa shape index (κ2) is 11.1. The van der Waals surface area contributed by atoms with E-state index in [2.05, 4.69) is 24.1 Å². The number of anilines is 1. The molecule has 1 atom stereocenters. The minimum absolute atomic E-state index is 0.111. The fourth-order valence-electron chi connectivity index (χ4n) is 2.53. The number of aryl methyl sites for hydroxylation is 1. The van der Waals surface area contributed by atoms with Crippen LogP contribution in [0.25, 0.3) is 0 Å². The maximum atomic E-state index is 12.8. The number of rotatable bonds is 12. The van der Waals surface area contributed by atoms with Crippen molar-refractivity contribution in [2.75, 3.05) is 18.5 Å². The Morgan fingerprint density at radius 2 is 1.88 bits per heavy atom. The quantitative estimate of drug-likeness (QED) is 0.546. The van der Waals surface area contributed by atoms with Gasteiger partial charge in [-0.25, -0.2) is 4.98 Å². The Labute approximate surface area is 152 Å². The second-order valence-corrected chi connectivity index (χ2v) is 6.69. The van der Waals surface area contributed by atoms with E-state index >= 15 is 0 Å². The number of nitrogens with zero attached hydrogens (tertiary/aromatic N) is 1. The zero-order chi connectivity index (χ0) is 18.7. The summed E-state index contributed by atoms with van der Waals surface area (Å²) >= 11 is 0. The number of carbonyl (C=O) groups is 1. The first-order valence-corrected chi connectivity index (χ1v) is 9.51. The van der Waals surface area contributed by atoms with Crippen molar-refractivity contribution in [2.24, 2.45) is 0 Å². The average molecular weight is 351 g/mol. The van der Waals surface area contributed by atoms with Gasteiger partial charge >= 0.3 is 0 Å². The van der Waals surface area contributed by atoms with Crippen LogP contribution in [0, 0.1) is 6.92 Å². The summed E-state index contributed by atoms with van der Waals surface area (Å²) < 4.78 is 11.5. The summed E-state index contributed by atoms with van der Waals surface area (Å²) in [6.07, 6.45) is 7.38. The number of nitrogens with one attached hydrogen (secondary N) is 1. The Morgan fingerprint density at radius 3 is 2.48 bits per heavy atom. The normalized spacial score (nSPS) is 13.3. The van der Waals surface area contributed by atoms with E-state index in [0.717, 1.165) is 44.1 Å². The van der Waals surface area contributed by atoms with E-state index in [-0.39, 0.29) is 5.91 Å². The Hall–Kier alpha value is -1.62. The van der Waals surface area contributed by atoms with E-state index in [4.69, 9.17) is 9.47 Å². The molecule has 1 aromatic heterocycles. The van der Waals surface area contributed by atoms with Crippen molar-refractivity contribution in [3.05, 3.63) is 17.8 Å². The number of pyridine rings is 1. The third-order valence-electron chi connectivity index (χ3n) is 4.09. The van der Waals surface area contributed by atoms with Gasteiger partial charge in [-0.1, -0.05) is 40.0 Å². The van der Waals surface area contributed by atoms with E-state index in [0.29, 0.717) is 24.8 Å². The highest BCUT2D eigenvalue weighted by atomic mass is 16.5. The maximum absolute atomic E-state index is 12.8. The molecule has 5 heteroatoms. The first-order chi connectivity index (χ1) is 12.0. The van der Waals surface area contributed by atoms with Crippen molar-refractivity contribution in [3.63, 3.8) is 0 Å². The fourth-order valence-corrected chi connectivity index (χ4v) is 2.53. The van der Waals surface area contributed by atoms with Crippen LogP contribution in [0.5, 0.6) is 5.88 Å². The fraction of sp³-hybridized carbons (Fsp3) is 0.700. The van der Waals surface area contributed by atoms with Gasteiger partial charge in [0.2, 0.25) is 5.88 Å². The van der Waals surface area contributed by atoms with Gasteiger partial charge in [0, 0.05) is 12.2 Å². The number of aromatic nitrogens is 1. The standard InChI is InChI=1S/C20H34N2O3/c1-6-9-10-11-20(5,25-13-8-3)19(23)22-17-14-16(4)18(21-15-17)24-12-7-2/h14-15H,6-13H2,1-5H3,(H,22,23)/t20-/m0/s1. The summed E-state index contributed by atoms with van der Waals surface area (Å²) in [4.78, 5) is 17.1. The maximum Gasteiger partial charge on any atom is 0.256 e. The summed E-state index contributed by atoms with van der Waals surface area (Å²) in [5.41, 5.74) is 0.776. The van der Waals surface area contributed by atoms with Crippen LogP contribution in [0.3, 0.4) is 0 Å². The van der Waals surface area contributed by atoms with Gasteiger partial charge in [0.15, 0.2) is 0 Å². The van der Waals surface area contributed by atoms with Crippen LogP contribution >= 0.6 is 0 Å². The zero-order valence-corrected chi connectivity index (χ0v) is 16.5. The number of hydrogen-bond acceptors (Lipinski definition) is 4. The highest BCUT2D eigenvalue weighted by molar-refractivity contribution is 5.97. The molecule has 1 N–H and O–H groups in total. The monoisotopic (exact) mass is 350 g/mol. The van der Waals surface area contributed by atoms with Crippen molar-refractivity contribution in [1.29, 1.82) is 0 Å². The van der Waals surface area contributed by atoms with Crippen LogP contribution in [0.15, 0.2) is 12.3 Å². The Bertz CT molecular complexity index is 534. The SMILES string of the molecule is CCCCC[C@](C)(OCCC)C(=O)Nc1cnc(OCCC)c(C)c1. The van der Waals surface area contributed by atoms with Gasteiger partial charge in [-0.2, -0.15) is 0 Å². The number of carbonyl (C=O) groups excluding carboxylic acids is 1. The van der Waals surface area contributed by atoms with Gasteiger partial charge in [0.05, 0.1) is 18.5 Å². The predicted octanol–water partition coefficient (Wildman–Crippen LogP) is 4.88. The first-order valence-electron chi connectivity index (χ1n) is 9.51. The molecule has 0 bridgehead atoms. The van der Waals surface area contributed by atoms with Crippen molar-refractivity contribution in [1.82, 2.24) is 4.98 Å². The smallest absolute Gasteiger partial charge is 0.256 e. The average Bonchev–Trinajstić information content (AvgIpc) is 2.59. The third kappa shape index (κ3) is 7.02. The molecule has 0 saturated heterocycles. The second-order valence-electron chi connectivity index (χ2n) is 6.69. The van der Waals surface area contributed by atoms with Crippen molar-refractivity contribution < 1.29 is 14.3 Å². The number of unbranched alkanes of at least 4 members (excludes halogenated alkanes) is 2. The molecule has 0 unspecified atom stereocenters. The Morgan fingerprint density at radius 1 is 1.16 bits per heavy atom. The minimum Gasteiger partial charge on any atom is -0.477 e. The van der Waals surface area contributed by atoms with Gasteiger partial charge < -0.3 is 14.8 Å². The molecule has 1 rings (SSSR count). The van der Waals surface area contributed by atoms with Crippen LogP contribution in [-0.2, 0) is 9.53 Å². The summed E-state index contributed by atoms with van der Waals surface area (Å²) in [6.45, 7) is 11.3. The van der Waals surface area contributed by atoms with Gasteiger partial charge in [-0.3, -0.25) is 4.79 Å². The molecular weight excluding hydrogens is 316 g/mol. The van der Waals surface area contributed by atoms with Crippen LogP contribution in [0.4, 0.5) is 5.69 Å². The lowest BCUT2D eigenvalue weighted by atomic mass is 9.96. The van der Waals surface area contributed by atoms with E-state index in [1.807, 2.05) is 26.8 Å². The van der Waals surface area contributed by atoms with E-state index in [1.165, 1.54) is 0 Å². The molecule has 0 radical (unpaired) electrons. The lowest BCUT2D eigenvalue weighted by molar-refractivity contribution is -0.140. The Kier molecular flexibility index (Phi) is 9.50. The molecule has 0 aliphatic heterocycles. The first kappa shape index (κ1) is 21.4. The van der Waals surface area contributed by atoms with E-state index < -0.39 is 5.60 Å². The summed E-state index contributed by atoms with van der Waals surface area (Å²) in [7, 11) is 0. The predicted molar refractivity (Wildman–Crippen MR) is 102 cm³/mol. The number of hydrogen-bond donors (Lipinski definition) is 1. The molecular formula is C20H34N2O3. The lowest BCUT2D eigenvalue weighted by Gasteiger charge is -2.28. The molecule has 0 saturated carbocycles. The molecule has 0 aromatic carbocycles. The van der Waals surface area contributed by atoms with Gasteiger partial charge in [-0.05, 0) is 39.2 Å². The molecule has 1 aromatic rings. The molecule has 25 heavy (non-hydrogen) atoms. The van der Waals surface area contributed by atoms with E-state index in [9.17, 15) is 4.79 Å². The summed E-state index contributed by atoms with van der Waals surface area (Å²) in [6, 6.07) is 1.89. The van der Waals surface area contributed by atoms with Crippen LogP contribution < -0.4 is 10.1 Å². The van der Waals surface area contributed by atoms with Crippen molar-refractivity contribution in [3.8, 4) is 5.88 Å². The van der Waals surface area contributed by atoms with Crippen LogP contribution in [-0.4, -0.2) is 29.7 Å².